The van der Waals surface area contributed by atoms with E-state index in [0.29, 0.717) is 31.4 Å². The number of nitrogens with one attached hydrogen (secondary N) is 2. The molecule has 2 atom stereocenters. The first-order chi connectivity index (χ1) is 18.6. The SMILES string of the molecule is CC(=O)c1nn(CC(=O)N2C[C@H](F)C[C@H]2C(=O)Nc2cccc(Br)n2)c2ccc(-c3cnc(=N)n(O)c3)cc12. The Bertz CT molecular complexity index is 1690. The van der Waals surface area contributed by atoms with Gasteiger partial charge in [0.2, 0.25) is 11.8 Å². The van der Waals surface area contributed by atoms with Crippen molar-refractivity contribution in [2.75, 3.05) is 11.9 Å². The van der Waals surface area contributed by atoms with Gasteiger partial charge in [-0.15, -0.1) is 0 Å². The second kappa shape index (κ2) is 10.4. The monoisotopic (exact) mass is 596 g/mol. The number of alkyl halides is 1. The van der Waals surface area contributed by atoms with Gasteiger partial charge in [-0.1, -0.05) is 12.1 Å². The summed E-state index contributed by atoms with van der Waals surface area (Å²) >= 11 is 3.23. The number of amides is 2. The summed E-state index contributed by atoms with van der Waals surface area (Å²) in [5.74, 6) is -1.15. The number of anilines is 1. The highest BCUT2D eigenvalue weighted by Crippen LogP contribution is 2.28. The van der Waals surface area contributed by atoms with Crippen LogP contribution in [0.3, 0.4) is 0 Å². The van der Waals surface area contributed by atoms with Crippen LogP contribution in [0.25, 0.3) is 22.0 Å². The summed E-state index contributed by atoms with van der Waals surface area (Å²) < 4.78 is 16.8. The first-order valence-electron chi connectivity index (χ1n) is 11.8. The number of hydrogen-bond acceptors (Lipinski definition) is 8. The zero-order chi connectivity index (χ0) is 27.8. The minimum Gasteiger partial charge on any atom is -0.425 e. The highest BCUT2D eigenvalue weighted by Gasteiger charge is 2.40. The highest BCUT2D eigenvalue weighted by atomic mass is 79.9. The maximum absolute atomic E-state index is 14.4. The van der Waals surface area contributed by atoms with Crippen molar-refractivity contribution in [2.45, 2.75) is 32.1 Å². The van der Waals surface area contributed by atoms with Crippen LogP contribution in [0.15, 0.2) is 53.4 Å². The van der Waals surface area contributed by atoms with E-state index in [1.165, 1.54) is 28.9 Å². The Morgan fingerprint density at radius 3 is 2.74 bits per heavy atom. The van der Waals surface area contributed by atoms with E-state index in [1.54, 1.807) is 36.4 Å². The van der Waals surface area contributed by atoms with Gasteiger partial charge in [0.25, 0.3) is 5.62 Å². The number of Topliss-reactive ketones (excluding diaryl/α,β-unsaturated/α-hetero) is 1. The third kappa shape index (κ3) is 5.27. The zero-order valence-corrected chi connectivity index (χ0v) is 22.1. The number of aromatic nitrogens is 5. The molecule has 39 heavy (non-hydrogen) atoms. The molecular formula is C25H22BrFN8O4. The van der Waals surface area contributed by atoms with Crippen molar-refractivity contribution in [3.05, 3.63) is 64.7 Å². The number of halogens is 2. The van der Waals surface area contributed by atoms with Crippen LogP contribution < -0.4 is 10.9 Å². The van der Waals surface area contributed by atoms with Crippen LogP contribution in [-0.2, 0) is 16.1 Å². The summed E-state index contributed by atoms with van der Waals surface area (Å²) in [5, 5.41) is 24.7. The summed E-state index contributed by atoms with van der Waals surface area (Å²) in [6.45, 7) is 0.787. The summed E-state index contributed by atoms with van der Waals surface area (Å²) in [7, 11) is 0. The summed E-state index contributed by atoms with van der Waals surface area (Å²) in [4.78, 5) is 47.8. The first kappa shape index (κ1) is 26.2. The molecule has 1 aliphatic rings. The number of carbonyl (C=O) groups excluding carboxylic acids is 3. The van der Waals surface area contributed by atoms with Crippen molar-refractivity contribution in [3.63, 3.8) is 0 Å². The molecule has 0 saturated carbocycles. The molecule has 2 amide bonds. The van der Waals surface area contributed by atoms with Crippen LogP contribution >= 0.6 is 15.9 Å². The van der Waals surface area contributed by atoms with Gasteiger partial charge in [-0.05, 0) is 45.8 Å². The van der Waals surface area contributed by atoms with Crippen molar-refractivity contribution in [2.24, 2.45) is 0 Å². The second-order valence-electron chi connectivity index (χ2n) is 9.03. The lowest BCUT2D eigenvalue weighted by Gasteiger charge is -2.23. The molecule has 1 saturated heterocycles. The Morgan fingerprint density at radius 1 is 1.23 bits per heavy atom. The molecular weight excluding hydrogens is 575 g/mol. The molecule has 1 aliphatic heterocycles. The van der Waals surface area contributed by atoms with Gasteiger partial charge in [0.1, 0.15) is 34.9 Å². The molecule has 5 rings (SSSR count). The van der Waals surface area contributed by atoms with Crippen molar-refractivity contribution in [1.29, 1.82) is 5.41 Å². The van der Waals surface area contributed by atoms with Crippen LogP contribution in [0.5, 0.6) is 0 Å². The normalized spacial score (nSPS) is 16.9. The molecule has 3 aromatic heterocycles. The standard InChI is InChI=1S/C25H22BrFN8O4/c1-13(36)23-17-7-14(15-9-29-25(28)35(39)10-15)5-6-18(17)34(32-23)12-22(37)33-11-16(27)8-19(33)24(38)31-21-4-2-3-20(26)30-21/h2-7,9-10,16,19,28,39H,8,11-12H2,1H3,(H,30,31,38)/t16-,19+/m1/s1. The molecule has 0 bridgehead atoms. The van der Waals surface area contributed by atoms with E-state index in [-0.39, 0.29) is 42.4 Å². The Labute approximate surface area is 228 Å². The molecule has 1 fully saturated rings. The van der Waals surface area contributed by atoms with Crippen LogP contribution in [0.1, 0.15) is 23.8 Å². The Kier molecular flexibility index (Phi) is 6.95. The summed E-state index contributed by atoms with van der Waals surface area (Å²) in [6.07, 6.45) is 1.20. The number of nitrogens with zero attached hydrogens (tertiary/aromatic N) is 6. The highest BCUT2D eigenvalue weighted by molar-refractivity contribution is 9.10. The fourth-order valence-corrected chi connectivity index (χ4v) is 4.86. The minimum absolute atomic E-state index is 0.126. The van der Waals surface area contributed by atoms with Gasteiger partial charge in [0, 0.05) is 30.5 Å². The van der Waals surface area contributed by atoms with Gasteiger partial charge in [-0.25, -0.2) is 14.4 Å². The second-order valence-corrected chi connectivity index (χ2v) is 9.85. The maximum Gasteiger partial charge on any atom is 0.255 e. The van der Waals surface area contributed by atoms with Gasteiger partial charge in [-0.3, -0.25) is 24.5 Å². The molecule has 0 unspecified atom stereocenters. The van der Waals surface area contributed by atoms with Crippen molar-refractivity contribution in [3.8, 4) is 11.1 Å². The number of hydrogen-bond donors (Lipinski definition) is 3. The average Bonchev–Trinajstić information content (AvgIpc) is 3.46. The number of pyridine rings is 1. The maximum atomic E-state index is 14.4. The molecule has 14 heteroatoms. The molecule has 4 aromatic rings. The predicted molar refractivity (Wildman–Crippen MR) is 140 cm³/mol. The van der Waals surface area contributed by atoms with Crippen molar-refractivity contribution >= 4 is 50.2 Å². The van der Waals surface area contributed by atoms with E-state index < -0.39 is 24.0 Å². The van der Waals surface area contributed by atoms with Gasteiger partial charge in [0.05, 0.1) is 18.3 Å². The number of carbonyl (C=O) groups is 3. The molecule has 200 valence electrons. The average molecular weight is 597 g/mol. The topological polar surface area (TPSA) is 159 Å². The smallest absolute Gasteiger partial charge is 0.255 e. The van der Waals surface area contributed by atoms with Crippen LogP contribution in [0, 0.1) is 5.41 Å². The zero-order valence-electron chi connectivity index (χ0n) is 20.5. The number of likely N-dealkylation sites (tertiary alicyclic amines) is 1. The Hall–Kier alpha value is -4.46. The fourth-order valence-electron chi connectivity index (χ4n) is 4.52. The fraction of sp³-hybridized carbons (Fsp3) is 0.240. The number of rotatable bonds is 6. The Morgan fingerprint density at radius 2 is 2.03 bits per heavy atom. The largest absolute Gasteiger partial charge is 0.425 e. The number of fused-ring (bicyclic) bond motifs is 1. The molecule has 4 heterocycles. The summed E-state index contributed by atoms with van der Waals surface area (Å²) in [6, 6.07) is 8.97. The van der Waals surface area contributed by atoms with Crippen LogP contribution in [0.2, 0.25) is 0 Å². The number of ketones is 1. The molecule has 0 radical (unpaired) electrons. The molecule has 1 aromatic carbocycles. The molecule has 0 spiro atoms. The van der Waals surface area contributed by atoms with E-state index in [2.05, 4.69) is 36.3 Å². The van der Waals surface area contributed by atoms with Crippen molar-refractivity contribution in [1.82, 2.24) is 29.4 Å². The summed E-state index contributed by atoms with van der Waals surface area (Å²) in [5.41, 5.74) is 1.36. The molecule has 3 N–H and O–H groups in total. The van der Waals surface area contributed by atoms with Crippen LogP contribution in [-0.4, -0.2) is 70.9 Å². The number of benzene rings is 1. The quantitative estimate of drug-likeness (QED) is 0.175. The lowest BCUT2D eigenvalue weighted by molar-refractivity contribution is -0.137. The lowest BCUT2D eigenvalue weighted by atomic mass is 10.0. The predicted octanol–water partition coefficient (Wildman–Crippen LogP) is 2.55. The molecule has 0 aliphatic carbocycles. The third-order valence-corrected chi connectivity index (χ3v) is 6.79. The van der Waals surface area contributed by atoms with Gasteiger partial charge in [0.15, 0.2) is 5.78 Å². The van der Waals surface area contributed by atoms with Gasteiger partial charge < -0.3 is 15.4 Å². The van der Waals surface area contributed by atoms with E-state index in [0.717, 1.165) is 0 Å². The van der Waals surface area contributed by atoms with Gasteiger partial charge in [-0.2, -0.15) is 9.83 Å². The third-order valence-electron chi connectivity index (χ3n) is 6.35. The van der Waals surface area contributed by atoms with E-state index in [4.69, 9.17) is 5.41 Å². The lowest BCUT2D eigenvalue weighted by Crippen LogP contribution is -2.44. The van der Waals surface area contributed by atoms with E-state index >= 15 is 0 Å². The first-order valence-corrected chi connectivity index (χ1v) is 12.6. The van der Waals surface area contributed by atoms with Crippen LogP contribution in [0.4, 0.5) is 10.2 Å². The van der Waals surface area contributed by atoms with E-state index in [1.807, 2.05) is 0 Å². The van der Waals surface area contributed by atoms with E-state index in [9.17, 15) is 24.0 Å². The van der Waals surface area contributed by atoms with Gasteiger partial charge >= 0.3 is 0 Å². The molecule has 12 nitrogen and oxygen atoms in total. The van der Waals surface area contributed by atoms with Crippen molar-refractivity contribution < 1.29 is 24.0 Å². The Balaban J connectivity index is 1.42. The minimum atomic E-state index is -1.37.